The quantitative estimate of drug-likeness (QED) is 0.757. The number of carbonyl (C=O) groups is 1. The van der Waals surface area contributed by atoms with E-state index in [0.717, 1.165) is 19.4 Å². The largest absolute Gasteiger partial charge is 0.484 e. The zero-order chi connectivity index (χ0) is 18.5. The van der Waals surface area contributed by atoms with E-state index >= 15 is 0 Å². The van der Waals surface area contributed by atoms with Crippen LogP contribution in [-0.4, -0.2) is 45.7 Å². The molecule has 2 N–H and O–H groups in total. The SMILES string of the molecule is CC(C)(C)NS(=O)(=O)c1ccc(OCC(=O)NC[C@@H]2CCCO2)cc1. The van der Waals surface area contributed by atoms with Crippen molar-refractivity contribution in [3.8, 4) is 5.75 Å². The molecule has 0 spiro atoms. The summed E-state index contributed by atoms with van der Waals surface area (Å²) in [5.41, 5.74) is -0.560. The minimum atomic E-state index is -3.58. The first-order valence-electron chi connectivity index (χ1n) is 8.31. The van der Waals surface area contributed by atoms with Gasteiger partial charge in [-0.2, -0.15) is 0 Å². The summed E-state index contributed by atoms with van der Waals surface area (Å²) in [7, 11) is -3.58. The van der Waals surface area contributed by atoms with Crippen molar-refractivity contribution < 1.29 is 22.7 Å². The third kappa shape index (κ3) is 6.64. The van der Waals surface area contributed by atoms with Gasteiger partial charge in [-0.25, -0.2) is 13.1 Å². The Balaban J connectivity index is 1.82. The van der Waals surface area contributed by atoms with Crippen LogP contribution in [-0.2, 0) is 19.6 Å². The highest BCUT2D eigenvalue weighted by Gasteiger charge is 2.22. The molecule has 8 heteroatoms. The molecule has 140 valence electrons. The van der Waals surface area contributed by atoms with Crippen LogP contribution < -0.4 is 14.8 Å². The fourth-order valence-corrected chi connectivity index (χ4v) is 3.83. The Labute approximate surface area is 149 Å². The van der Waals surface area contributed by atoms with Gasteiger partial charge in [-0.3, -0.25) is 4.79 Å². The Bertz CT molecular complexity index is 674. The van der Waals surface area contributed by atoms with Gasteiger partial charge in [0, 0.05) is 18.7 Å². The summed E-state index contributed by atoms with van der Waals surface area (Å²) in [5, 5.41) is 2.76. The highest BCUT2D eigenvalue weighted by atomic mass is 32.2. The summed E-state index contributed by atoms with van der Waals surface area (Å²) in [4.78, 5) is 11.9. The molecule has 0 unspecified atom stereocenters. The van der Waals surface area contributed by atoms with Crippen LogP contribution in [0.15, 0.2) is 29.2 Å². The number of sulfonamides is 1. The molecule has 0 bridgehead atoms. The zero-order valence-corrected chi connectivity index (χ0v) is 15.7. The summed E-state index contributed by atoms with van der Waals surface area (Å²) in [5.74, 6) is 0.198. The molecule has 0 aliphatic carbocycles. The molecular formula is C17H26N2O5S. The molecule has 1 saturated heterocycles. The van der Waals surface area contributed by atoms with Crippen LogP contribution in [0.1, 0.15) is 33.6 Å². The lowest BCUT2D eigenvalue weighted by Gasteiger charge is -2.20. The van der Waals surface area contributed by atoms with Crippen molar-refractivity contribution in [2.45, 2.75) is 50.2 Å². The van der Waals surface area contributed by atoms with E-state index in [9.17, 15) is 13.2 Å². The predicted octanol–water partition coefficient (Wildman–Crippen LogP) is 1.44. The maximum absolute atomic E-state index is 12.2. The van der Waals surface area contributed by atoms with Crippen molar-refractivity contribution in [3.63, 3.8) is 0 Å². The first-order chi connectivity index (χ1) is 11.7. The van der Waals surface area contributed by atoms with Crippen molar-refractivity contribution in [2.75, 3.05) is 19.8 Å². The number of amides is 1. The number of benzene rings is 1. The van der Waals surface area contributed by atoms with Gasteiger partial charge in [-0.15, -0.1) is 0 Å². The van der Waals surface area contributed by atoms with E-state index in [1.54, 1.807) is 20.8 Å². The first-order valence-corrected chi connectivity index (χ1v) is 9.79. The van der Waals surface area contributed by atoms with Gasteiger partial charge < -0.3 is 14.8 Å². The lowest BCUT2D eigenvalue weighted by molar-refractivity contribution is -0.123. The summed E-state index contributed by atoms with van der Waals surface area (Å²) in [6.07, 6.45) is 2.07. The van der Waals surface area contributed by atoms with Gasteiger partial charge in [0.1, 0.15) is 5.75 Å². The monoisotopic (exact) mass is 370 g/mol. The van der Waals surface area contributed by atoms with Gasteiger partial charge in [-0.05, 0) is 57.9 Å². The van der Waals surface area contributed by atoms with E-state index in [0.29, 0.717) is 12.3 Å². The molecule has 1 aliphatic rings. The normalized spacial score (nSPS) is 18.1. The lowest BCUT2D eigenvalue weighted by atomic mass is 10.1. The van der Waals surface area contributed by atoms with Crippen LogP contribution in [0.5, 0.6) is 5.75 Å². The van der Waals surface area contributed by atoms with Crippen LogP contribution in [0, 0.1) is 0 Å². The van der Waals surface area contributed by atoms with Crippen LogP contribution in [0.2, 0.25) is 0 Å². The average Bonchev–Trinajstić information content (AvgIpc) is 3.02. The topological polar surface area (TPSA) is 93.7 Å². The molecule has 1 aliphatic heterocycles. The van der Waals surface area contributed by atoms with E-state index in [1.807, 2.05) is 0 Å². The number of hydrogen-bond acceptors (Lipinski definition) is 5. The maximum Gasteiger partial charge on any atom is 0.258 e. The number of ether oxygens (including phenoxy) is 2. The Kier molecular flexibility index (Phi) is 6.42. The molecule has 1 aromatic carbocycles. The van der Waals surface area contributed by atoms with E-state index in [4.69, 9.17) is 9.47 Å². The zero-order valence-electron chi connectivity index (χ0n) is 14.9. The summed E-state index contributed by atoms with van der Waals surface area (Å²) in [6.45, 7) is 6.43. The summed E-state index contributed by atoms with van der Waals surface area (Å²) in [6, 6.07) is 5.97. The molecule has 1 fully saturated rings. The van der Waals surface area contributed by atoms with Gasteiger partial charge in [0.15, 0.2) is 6.61 Å². The van der Waals surface area contributed by atoms with Gasteiger partial charge in [0.05, 0.1) is 11.0 Å². The molecule has 7 nitrogen and oxygen atoms in total. The molecule has 1 aromatic rings. The fourth-order valence-electron chi connectivity index (χ4n) is 2.41. The van der Waals surface area contributed by atoms with Crippen LogP contribution in [0.4, 0.5) is 0 Å². The molecule has 1 heterocycles. The molecule has 1 atom stereocenters. The Morgan fingerprint density at radius 3 is 2.52 bits per heavy atom. The molecule has 25 heavy (non-hydrogen) atoms. The van der Waals surface area contributed by atoms with Crippen molar-refractivity contribution in [1.82, 2.24) is 10.0 Å². The molecule has 2 rings (SSSR count). The Morgan fingerprint density at radius 2 is 1.96 bits per heavy atom. The first kappa shape index (κ1) is 19.7. The summed E-state index contributed by atoms with van der Waals surface area (Å²) >= 11 is 0. The van der Waals surface area contributed by atoms with E-state index < -0.39 is 15.6 Å². The second-order valence-corrected chi connectivity index (χ2v) is 8.74. The van der Waals surface area contributed by atoms with Gasteiger partial charge in [0.2, 0.25) is 10.0 Å². The Morgan fingerprint density at radius 1 is 1.28 bits per heavy atom. The maximum atomic E-state index is 12.2. The minimum Gasteiger partial charge on any atom is -0.484 e. The molecular weight excluding hydrogens is 344 g/mol. The lowest BCUT2D eigenvalue weighted by Crippen LogP contribution is -2.40. The highest BCUT2D eigenvalue weighted by Crippen LogP contribution is 2.17. The molecule has 0 radical (unpaired) electrons. The Hall–Kier alpha value is -1.64. The number of nitrogens with one attached hydrogen (secondary N) is 2. The van der Waals surface area contributed by atoms with E-state index in [1.165, 1.54) is 24.3 Å². The highest BCUT2D eigenvalue weighted by molar-refractivity contribution is 7.89. The van der Waals surface area contributed by atoms with Crippen LogP contribution in [0.3, 0.4) is 0 Å². The van der Waals surface area contributed by atoms with Gasteiger partial charge in [-0.1, -0.05) is 0 Å². The number of carbonyl (C=O) groups excluding carboxylic acids is 1. The predicted molar refractivity (Wildman–Crippen MR) is 94.0 cm³/mol. The molecule has 0 saturated carbocycles. The number of hydrogen-bond donors (Lipinski definition) is 2. The molecule has 0 aromatic heterocycles. The minimum absolute atomic E-state index is 0.0868. The third-order valence-corrected chi connectivity index (χ3v) is 5.27. The second kappa shape index (κ2) is 8.16. The average molecular weight is 370 g/mol. The number of rotatable bonds is 7. The van der Waals surface area contributed by atoms with Crippen molar-refractivity contribution in [1.29, 1.82) is 0 Å². The standard InChI is InChI=1S/C17H26N2O5S/c1-17(2,3)19-25(21,22)15-8-6-13(7-9-15)24-12-16(20)18-11-14-5-4-10-23-14/h6-9,14,19H,4-5,10-12H2,1-3H3,(H,18,20)/t14-/m0/s1. The van der Waals surface area contributed by atoms with Crippen molar-refractivity contribution in [3.05, 3.63) is 24.3 Å². The smallest absolute Gasteiger partial charge is 0.258 e. The second-order valence-electron chi connectivity index (χ2n) is 7.05. The van der Waals surface area contributed by atoms with E-state index in [-0.39, 0.29) is 23.5 Å². The van der Waals surface area contributed by atoms with Gasteiger partial charge in [0.25, 0.3) is 5.91 Å². The third-order valence-electron chi connectivity index (χ3n) is 3.50. The molecule has 1 amide bonds. The van der Waals surface area contributed by atoms with Crippen LogP contribution in [0.25, 0.3) is 0 Å². The summed E-state index contributed by atoms with van der Waals surface area (Å²) < 4.78 is 37.8. The van der Waals surface area contributed by atoms with Crippen LogP contribution >= 0.6 is 0 Å². The van der Waals surface area contributed by atoms with Crippen molar-refractivity contribution >= 4 is 15.9 Å². The van der Waals surface area contributed by atoms with Crippen molar-refractivity contribution in [2.24, 2.45) is 0 Å². The fraction of sp³-hybridized carbons (Fsp3) is 0.588. The van der Waals surface area contributed by atoms with E-state index in [2.05, 4.69) is 10.0 Å². The van der Waals surface area contributed by atoms with Gasteiger partial charge >= 0.3 is 0 Å².